The van der Waals surface area contributed by atoms with Crippen LogP contribution < -0.4 is 15.4 Å². The molecule has 3 heterocycles. The van der Waals surface area contributed by atoms with Gasteiger partial charge in [0.05, 0.1) is 6.33 Å². The van der Waals surface area contributed by atoms with Crippen molar-refractivity contribution in [1.29, 1.82) is 0 Å². The van der Waals surface area contributed by atoms with Crippen molar-refractivity contribution < 1.29 is 19.7 Å². The highest BCUT2D eigenvalue weighted by molar-refractivity contribution is 7.79. The SMILES string of the molecule is Nc1nccs1.O=C1C(Oc2ccc(-n3ccnc3)cc2)CCN1c1ccc(S(=O)[O-])cc1.[HH]. The molecule has 1 aliphatic heterocycles. The number of ether oxygens (including phenoxy) is 1. The number of aromatic nitrogens is 3. The van der Waals surface area contributed by atoms with Gasteiger partial charge in [-0.05, 0) is 59.6 Å². The summed E-state index contributed by atoms with van der Waals surface area (Å²) in [5.74, 6) is 0.487. The average molecular weight is 485 g/mol. The molecule has 9 nitrogen and oxygen atoms in total. The fraction of sp³-hybridized carbons (Fsp3) is 0.136. The number of hydrogen-bond donors (Lipinski definition) is 1. The van der Waals surface area contributed by atoms with Gasteiger partial charge in [-0.2, -0.15) is 0 Å². The summed E-state index contributed by atoms with van der Waals surface area (Å²) < 4.78 is 29.6. The Hall–Kier alpha value is -3.54. The topological polar surface area (TPSA) is 126 Å². The number of carbonyl (C=O) groups is 1. The zero-order valence-electron chi connectivity index (χ0n) is 17.3. The van der Waals surface area contributed by atoms with Crippen molar-refractivity contribution in [3.8, 4) is 11.4 Å². The normalized spacial score (nSPS) is 16.2. The lowest BCUT2D eigenvalue weighted by Gasteiger charge is -2.18. The maximum atomic E-state index is 12.6. The summed E-state index contributed by atoms with van der Waals surface area (Å²) in [6.45, 7) is 0.524. The van der Waals surface area contributed by atoms with Crippen molar-refractivity contribution >= 4 is 39.1 Å². The highest BCUT2D eigenvalue weighted by Gasteiger charge is 2.34. The molecule has 1 saturated heterocycles. The number of thiazole rings is 1. The van der Waals surface area contributed by atoms with Gasteiger partial charge in [-0.15, -0.1) is 11.3 Å². The molecular weight excluding hydrogens is 462 g/mol. The fourth-order valence-corrected chi connectivity index (χ4v) is 4.01. The van der Waals surface area contributed by atoms with Crippen LogP contribution in [0.2, 0.25) is 0 Å². The van der Waals surface area contributed by atoms with Crippen LogP contribution in [0.15, 0.2) is 83.7 Å². The second-order valence-corrected chi connectivity index (χ2v) is 8.81. The Balaban J connectivity index is 0.000000405. The first-order valence-corrected chi connectivity index (χ1v) is 11.9. The highest BCUT2D eigenvalue weighted by Crippen LogP contribution is 2.26. The molecule has 0 saturated carbocycles. The van der Waals surface area contributed by atoms with E-state index in [1.165, 1.54) is 23.5 Å². The van der Waals surface area contributed by atoms with Gasteiger partial charge in [0, 0.05) is 54.6 Å². The quantitative estimate of drug-likeness (QED) is 0.431. The molecule has 2 atom stereocenters. The van der Waals surface area contributed by atoms with Crippen LogP contribution in [0.4, 0.5) is 10.8 Å². The zero-order chi connectivity index (χ0) is 23.2. The summed E-state index contributed by atoms with van der Waals surface area (Å²) in [6, 6.07) is 13.7. The first-order valence-electron chi connectivity index (χ1n) is 9.92. The molecule has 0 bridgehead atoms. The molecule has 1 aliphatic rings. The van der Waals surface area contributed by atoms with Crippen LogP contribution in [0.1, 0.15) is 7.85 Å². The summed E-state index contributed by atoms with van der Waals surface area (Å²) in [5.41, 5.74) is 6.80. The summed E-state index contributed by atoms with van der Waals surface area (Å²) in [6.07, 6.45) is 6.95. The maximum Gasteiger partial charge on any atom is 0.268 e. The third-order valence-electron chi connectivity index (χ3n) is 4.87. The number of anilines is 2. The van der Waals surface area contributed by atoms with Gasteiger partial charge in [-0.1, -0.05) is 0 Å². The van der Waals surface area contributed by atoms with Gasteiger partial charge in [-0.25, -0.2) is 9.97 Å². The predicted molar refractivity (Wildman–Crippen MR) is 127 cm³/mol. The first-order chi connectivity index (χ1) is 16.0. The minimum absolute atomic E-state index is 0. The van der Waals surface area contributed by atoms with E-state index in [1.807, 2.05) is 40.4 Å². The summed E-state index contributed by atoms with van der Waals surface area (Å²) >= 11 is -0.834. The van der Waals surface area contributed by atoms with Crippen LogP contribution in [-0.4, -0.2) is 41.9 Å². The Labute approximate surface area is 198 Å². The van der Waals surface area contributed by atoms with Crippen molar-refractivity contribution in [2.75, 3.05) is 17.2 Å². The molecule has 33 heavy (non-hydrogen) atoms. The monoisotopic (exact) mass is 484 g/mol. The van der Waals surface area contributed by atoms with Crippen LogP contribution >= 0.6 is 11.3 Å². The molecule has 0 aliphatic carbocycles. The summed E-state index contributed by atoms with van der Waals surface area (Å²) in [4.78, 5) is 22.2. The lowest BCUT2D eigenvalue weighted by atomic mass is 10.2. The van der Waals surface area contributed by atoms with E-state index in [1.54, 1.807) is 35.8 Å². The van der Waals surface area contributed by atoms with Gasteiger partial charge in [0.2, 0.25) is 0 Å². The number of carbonyl (C=O) groups excluding carboxylic acids is 1. The van der Waals surface area contributed by atoms with Gasteiger partial charge in [-0.3, -0.25) is 9.00 Å². The van der Waals surface area contributed by atoms with Crippen LogP contribution in [0.5, 0.6) is 5.75 Å². The van der Waals surface area contributed by atoms with E-state index in [0.717, 1.165) is 5.69 Å². The number of benzene rings is 2. The van der Waals surface area contributed by atoms with E-state index in [2.05, 4.69) is 9.97 Å². The fourth-order valence-electron chi connectivity index (χ4n) is 3.26. The summed E-state index contributed by atoms with van der Waals surface area (Å²) in [7, 11) is 0. The highest BCUT2D eigenvalue weighted by atomic mass is 32.2. The molecule has 172 valence electrons. The lowest BCUT2D eigenvalue weighted by molar-refractivity contribution is -0.122. The second-order valence-electron chi connectivity index (χ2n) is 6.95. The molecule has 0 spiro atoms. The maximum absolute atomic E-state index is 12.6. The third-order valence-corrected chi connectivity index (χ3v) is 6.13. The molecule has 11 heteroatoms. The van der Waals surface area contributed by atoms with Gasteiger partial charge < -0.3 is 24.5 Å². The van der Waals surface area contributed by atoms with Crippen molar-refractivity contribution in [2.24, 2.45) is 0 Å². The van der Waals surface area contributed by atoms with E-state index < -0.39 is 17.2 Å². The molecule has 5 rings (SSSR count). The Bertz CT molecular complexity index is 1200. The van der Waals surface area contributed by atoms with Crippen LogP contribution in [-0.2, 0) is 15.9 Å². The smallest absolute Gasteiger partial charge is 0.268 e. The second kappa shape index (κ2) is 10.4. The number of nitrogen functional groups attached to an aromatic ring is 1. The Morgan fingerprint density at radius 2 is 1.85 bits per heavy atom. The van der Waals surface area contributed by atoms with Crippen LogP contribution in [0.25, 0.3) is 5.69 Å². The molecule has 2 N–H and O–H groups in total. The molecule has 0 radical (unpaired) electrons. The standard InChI is InChI=1S/C19H17N3O4S.C3H4N2S.H2/c23-19-18(9-11-22(19)15-3-7-17(8-4-15)27(24)25)26-16-5-1-14(2-6-16)21-12-10-20-13-21;4-3-5-1-2-6-3;/h1-8,10,12-13,18H,9,11H2,(H,24,25);1-2H,(H2,4,5);1H/p-1. The van der Waals surface area contributed by atoms with E-state index in [4.69, 9.17) is 10.5 Å². The van der Waals surface area contributed by atoms with Gasteiger partial charge >= 0.3 is 0 Å². The van der Waals surface area contributed by atoms with Gasteiger partial charge in [0.1, 0.15) is 5.75 Å². The third kappa shape index (κ3) is 5.64. The molecule has 1 amide bonds. The van der Waals surface area contributed by atoms with E-state index in [9.17, 15) is 13.6 Å². The van der Waals surface area contributed by atoms with E-state index in [-0.39, 0.29) is 12.2 Å². The lowest BCUT2D eigenvalue weighted by Crippen LogP contribution is -2.32. The number of imidazole rings is 1. The van der Waals surface area contributed by atoms with E-state index in [0.29, 0.717) is 29.5 Å². The molecule has 2 aromatic carbocycles. The number of nitrogens with two attached hydrogens (primary N) is 1. The van der Waals surface area contributed by atoms with Crippen LogP contribution in [0.3, 0.4) is 0 Å². The van der Waals surface area contributed by atoms with Gasteiger partial charge in [0.25, 0.3) is 5.91 Å². The number of amides is 1. The molecule has 2 unspecified atom stereocenters. The van der Waals surface area contributed by atoms with Crippen molar-refractivity contribution in [1.82, 2.24) is 14.5 Å². The van der Waals surface area contributed by atoms with Gasteiger partial charge in [0.15, 0.2) is 11.2 Å². The molecular formula is C22H22N5O4S2-. The predicted octanol–water partition coefficient (Wildman–Crippen LogP) is 3.27. The summed E-state index contributed by atoms with van der Waals surface area (Å²) in [5, 5.41) is 2.48. The van der Waals surface area contributed by atoms with Crippen molar-refractivity contribution in [3.63, 3.8) is 0 Å². The largest absolute Gasteiger partial charge is 0.768 e. The Kier molecular flexibility index (Phi) is 7.13. The van der Waals surface area contributed by atoms with Crippen molar-refractivity contribution in [3.05, 3.63) is 78.8 Å². The molecule has 1 fully saturated rings. The number of rotatable bonds is 5. The Morgan fingerprint density at radius 3 is 2.39 bits per heavy atom. The first kappa shape index (κ1) is 22.6. The number of nitrogens with zero attached hydrogens (tertiary/aromatic N) is 4. The number of hydrogen-bond acceptors (Lipinski definition) is 8. The molecule has 4 aromatic rings. The minimum Gasteiger partial charge on any atom is -0.768 e. The van der Waals surface area contributed by atoms with Crippen molar-refractivity contribution in [2.45, 2.75) is 17.4 Å². The zero-order valence-corrected chi connectivity index (χ0v) is 18.9. The molecule has 2 aromatic heterocycles. The Morgan fingerprint density at radius 1 is 1.12 bits per heavy atom. The minimum atomic E-state index is -2.28. The van der Waals surface area contributed by atoms with Crippen LogP contribution in [0, 0.1) is 0 Å². The average Bonchev–Trinajstić information content (AvgIpc) is 3.59. The van der Waals surface area contributed by atoms with E-state index >= 15 is 0 Å².